The van der Waals surface area contributed by atoms with Crippen LogP contribution in [-0.4, -0.2) is 35.5 Å². The summed E-state index contributed by atoms with van der Waals surface area (Å²) in [5.74, 6) is 0.798. The van der Waals surface area contributed by atoms with Crippen molar-refractivity contribution < 1.29 is 4.74 Å². The summed E-state index contributed by atoms with van der Waals surface area (Å²) in [6.45, 7) is 8.24. The molecule has 24 heavy (non-hydrogen) atoms. The van der Waals surface area contributed by atoms with E-state index in [1.165, 1.54) is 19.3 Å². The van der Waals surface area contributed by atoms with Gasteiger partial charge in [0.15, 0.2) is 5.82 Å². The Labute approximate surface area is 157 Å². The third kappa shape index (κ3) is 4.31. The normalized spacial score (nSPS) is 15.7. The van der Waals surface area contributed by atoms with E-state index in [0.717, 1.165) is 34.0 Å². The van der Waals surface area contributed by atoms with Crippen molar-refractivity contribution in [1.82, 2.24) is 14.8 Å². The van der Waals surface area contributed by atoms with Crippen LogP contribution in [0.3, 0.4) is 0 Å². The molecule has 3 rings (SSSR count). The number of nitrogens with one attached hydrogen (secondary N) is 1. The summed E-state index contributed by atoms with van der Waals surface area (Å²) in [6, 6.07) is 3.44. The molecule has 1 fully saturated rings. The third-order valence-corrected chi connectivity index (χ3v) is 6.78. The van der Waals surface area contributed by atoms with Crippen LogP contribution in [0.25, 0.3) is 11.0 Å². The summed E-state index contributed by atoms with van der Waals surface area (Å²) < 4.78 is 8.63. The van der Waals surface area contributed by atoms with Crippen molar-refractivity contribution in [3.8, 4) is 0 Å². The van der Waals surface area contributed by atoms with Gasteiger partial charge in [-0.05, 0) is 47.3 Å². The molecule has 0 saturated heterocycles. The Morgan fingerprint density at radius 2 is 2.17 bits per heavy atom. The molecule has 1 saturated carbocycles. The maximum atomic E-state index is 6.13. The predicted molar refractivity (Wildman–Crippen MR) is 106 cm³/mol. The van der Waals surface area contributed by atoms with E-state index in [1.807, 2.05) is 4.68 Å². The van der Waals surface area contributed by atoms with Gasteiger partial charge in [0, 0.05) is 25.2 Å². The molecule has 0 amide bonds. The molecule has 0 spiro atoms. The van der Waals surface area contributed by atoms with E-state index in [1.54, 1.807) is 6.07 Å². The smallest absolute Gasteiger partial charge is 0.175 e. The van der Waals surface area contributed by atoms with Crippen LogP contribution >= 0.6 is 27.5 Å². The van der Waals surface area contributed by atoms with Gasteiger partial charge < -0.3 is 10.1 Å². The van der Waals surface area contributed by atoms with Crippen molar-refractivity contribution in [1.29, 1.82) is 0 Å². The van der Waals surface area contributed by atoms with Gasteiger partial charge in [-0.2, -0.15) is 5.10 Å². The van der Waals surface area contributed by atoms with Crippen LogP contribution < -0.4 is 5.32 Å². The minimum absolute atomic E-state index is 0.426. The molecule has 1 aliphatic rings. The molecule has 2 aromatic rings. The molecule has 0 radical (unpaired) electrons. The number of halogens is 2. The van der Waals surface area contributed by atoms with E-state index in [-0.39, 0.29) is 0 Å². The molecule has 132 valence electrons. The quantitative estimate of drug-likeness (QED) is 0.375. The van der Waals surface area contributed by atoms with Crippen LogP contribution in [0.4, 0.5) is 5.82 Å². The SMILES string of the molecule is C[Si](C)(C)CCOCn1nc(NC2CCC2)c2nc(Cl)cc(Br)c21. The van der Waals surface area contributed by atoms with E-state index < -0.39 is 8.07 Å². The summed E-state index contributed by atoms with van der Waals surface area (Å²) in [7, 11) is -1.09. The Morgan fingerprint density at radius 3 is 2.79 bits per heavy atom. The number of aromatic nitrogens is 3. The minimum atomic E-state index is -1.09. The van der Waals surface area contributed by atoms with Gasteiger partial charge in [-0.15, -0.1) is 0 Å². The van der Waals surface area contributed by atoms with E-state index in [9.17, 15) is 0 Å². The fourth-order valence-electron chi connectivity index (χ4n) is 2.57. The maximum absolute atomic E-state index is 6.13. The fraction of sp³-hybridized carbons (Fsp3) is 0.625. The molecule has 1 N–H and O–H groups in total. The van der Waals surface area contributed by atoms with Crippen molar-refractivity contribution in [2.75, 3.05) is 11.9 Å². The second-order valence-corrected chi connectivity index (χ2v) is 14.5. The first-order valence-electron chi connectivity index (χ1n) is 8.40. The van der Waals surface area contributed by atoms with Gasteiger partial charge >= 0.3 is 0 Å². The van der Waals surface area contributed by atoms with E-state index >= 15 is 0 Å². The summed E-state index contributed by atoms with van der Waals surface area (Å²) in [5.41, 5.74) is 1.73. The lowest BCUT2D eigenvalue weighted by Crippen LogP contribution is -2.27. The number of pyridine rings is 1. The van der Waals surface area contributed by atoms with Crippen molar-refractivity contribution in [2.24, 2.45) is 0 Å². The number of hydrogen-bond acceptors (Lipinski definition) is 4. The number of anilines is 1. The Morgan fingerprint density at radius 1 is 1.42 bits per heavy atom. The molecule has 5 nitrogen and oxygen atoms in total. The highest BCUT2D eigenvalue weighted by Gasteiger charge is 2.22. The lowest BCUT2D eigenvalue weighted by molar-refractivity contribution is 0.0818. The van der Waals surface area contributed by atoms with E-state index in [4.69, 9.17) is 16.3 Å². The summed E-state index contributed by atoms with van der Waals surface area (Å²) in [6.07, 6.45) is 3.64. The van der Waals surface area contributed by atoms with Gasteiger partial charge in [-0.3, -0.25) is 0 Å². The zero-order valence-corrected chi connectivity index (χ0v) is 17.7. The van der Waals surface area contributed by atoms with Gasteiger partial charge in [0.1, 0.15) is 22.9 Å². The van der Waals surface area contributed by atoms with Gasteiger partial charge in [-0.25, -0.2) is 9.67 Å². The number of ether oxygens (including phenoxy) is 1. The van der Waals surface area contributed by atoms with Crippen molar-refractivity contribution in [3.05, 3.63) is 15.7 Å². The first kappa shape index (κ1) is 18.2. The lowest BCUT2D eigenvalue weighted by Gasteiger charge is -2.26. The number of hydrogen-bond donors (Lipinski definition) is 1. The monoisotopic (exact) mass is 430 g/mol. The van der Waals surface area contributed by atoms with Crippen LogP contribution in [0.15, 0.2) is 10.5 Å². The van der Waals surface area contributed by atoms with Crippen molar-refractivity contribution in [2.45, 2.75) is 57.7 Å². The number of nitrogens with zero attached hydrogens (tertiary/aromatic N) is 3. The first-order chi connectivity index (χ1) is 11.3. The topological polar surface area (TPSA) is 52.0 Å². The van der Waals surface area contributed by atoms with E-state index in [0.29, 0.717) is 17.9 Å². The minimum Gasteiger partial charge on any atom is -0.364 e. The Bertz CT molecular complexity index is 727. The second kappa shape index (κ2) is 7.31. The van der Waals surface area contributed by atoms with Gasteiger partial charge in [0.2, 0.25) is 0 Å². The summed E-state index contributed by atoms with van der Waals surface area (Å²) in [5, 5.41) is 8.64. The zero-order chi connectivity index (χ0) is 17.3. The Kier molecular flexibility index (Phi) is 5.54. The van der Waals surface area contributed by atoms with Crippen LogP contribution in [0.5, 0.6) is 0 Å². The molecule has 0 bridgehead atoms. The first-order valence-corrected chi connectivity index (χ1v) is 13.3. The summed E-state index contributed by atoms with van der Waals surface area (Å²) in [4.78, 5) is 4.48. The van der Waals surface area contributed by atoms with Gasteiger partial charge in [-0.1, -0.05) is 31.2 Å². The van der Waals surface area contributed by atoms with Gasteiger partial charge in [0.05, 0.1) is 0 Å². The fourth-order valence-corrected chi connectivity index (χ4v) is 4.26. The van der Waals surface area contributed by atoms with Crippen LogP contribution in [-0.2, 0) is 11.5 Å². The van der Waals surface area contributed by atoms with E-state index in [2.05, 4.69) is 51.0 Å². The van der Waals surface area contributed by atoms with Crippen molar-refractivity contribution >= 4 is 52.5 Å². The largest absolute Gasteiger partial charge is 0.364 e. The molecular formula is C16H24BrClN4OSi. The molecule has 0 aliphatic heterocycles. The molecule has 8 heteroatoms. The molecule has 2 aromatic heterocycles. The highest BCUT2D eigenvalue weighted by molar-refractivity contribution is 9.10. The average molecular weight is 432 g/mol. The second-order valence-electron chi connectivity index (χ2n) is 7.59. The Balaban J connectivity index is 1.81. The molecular weight excluding hydrogens is 408 g/mol. The molecule has 0 atom stereocenters. The van der Waals surface area contributed by atoms with Crippen molar-refractivity contribution in [3.63, 3.8) is 0 Å². The maximum Gasteiger partial charge on any atom is 0.175 e. The highest BCUT2D eigenvalue weighted by Crippen LogP contribution is 2.32. The van der Waals surface area contributed by atoms with Crippen LogP contribution in [0, 0.1) is 0 Å². The Hall–Kier alpha value is -0.633. The predicted octanol–water partition coefficient (Wildman–Crippen LogP) is 5.12. The van der Waals surface area contributed by atoms with Crippen LogP contribution in [0.2, 0.25) is 30.8 Å². The lowest BCUT2D eigenvalue weighted by atomic mass is 9.93. The molecule has 0 unspecified atom stereocenters. The van der Waals surface area contributed by atoms with Crippen LogP contribution in [0.1, 0.15) is 19.3 Å². The molecule has 0 aromatic carbocycles. The molecule has 2 heterocycles. The molecule has 1 aliphatic carbocycles. The number of fused-ring (bicyclic) bond motifs is 1. The number of rotatable bonds is 7. The zero-order valence-electron chi connectivity index (χ0n) is 14.4. The standard InChI is InChI=1S/C16H24BrClN4OSi/c1-24(2,3)8-7-23-10-22-15-12(17)9-13(18)20-14(15)16(21-22)19-11-5-4-6-11/h9,11H,4-8,10H2,1-3H3,(H,19,21). The average Bonchev–Trinajstić information content (AvgIpc) is 2.76. The van der Waals surface area contributed by atoms with Gasteiger partial charge in [0.25, 0.3) is 0 Å². The third-order valence-electron chi connectivity index (χ3n) is 4.27. The summed E-state index contributed by atoms with van der Waals surface area (Å²) >= 11 is 9.72. The highest BCUT2D eigenvalue weighted by atomic mass is 79.9.